The van der Waals surface area contributed by atoms with Gasteiger partial charge in [-0.3, -0.25) is 23.9 Å². The Balaban J connectivity index is 1.60. The van der Waals surface area contributed by atoms with Crippen molar-refractivity contribution < 1.29 is 23.8 Å². The number of ether oxygens (including phenoxy) is 3. The van der Waals surface area contributed by atoms with Crippen molar-refractivity contribution in [1.82, 2.24) is 14.5 Å². The molecule has 1 aromatic carbocycles. The van der Waals surface area contributed by atoms with Crippen LogP contribution in [0.1, 0.15) is 29.9 Å². The van der Waals surface area contributed by atoms with Gasteiger partial charge in [0, 0.05) is 13.3 Å². The van der Waals surface area contributed by atoms with E-state index in [-0.39, 0.29) is 29.3 Å². The molecule has 1 aliphatic rings. The fourth-order valence-electron chi connectivity index (χ4n) is 3.37. The molecule has 1 aliphatic heterocycles. The molecule has 4 rings (SSSR count). The first kappa shape index (κ1) is 20.8. The first-order valence-electron chi connectivity index (χ1n) is 9.29. The van der Waals surface area contributed by atoms with Crippen LogP contribution in [0.5, 0.6) is 0 Å². The lowest BCUT2D eigenvalue weighted by Crippen LogP contribution is -2.30. The lowest BCUT2D eigenvalue weighted by atomic mass is 10.2. The van der Waals surface area contributed by atoms with Gasteiger partial charge in [-0.25, -0.2) is 4.79 Å². The molecule has 1 saturated heterocycles. The minimum Gasteiger partial charge on any atom is -0.459 e. The Morgan fingerprint density at radius 2 is 2.06 bits per heavy atom. The molecular formula is C19H18N4O7S. The van der Waals surface area contributed by atoms with Crippen LogP contribution in [-0.4, -0.2) is 45.3 Å². The van der Waals surface area contributed by atoms with Crippen LogP contribution in [0.4, 0.5) is 5.95 Å². The maximum atomic E-state index is 12.6. The predicted octanol–water partition coefficient (Wildman–Crippen LogP) is 0.805. The van der Waals surface area contributed by atoms with E-state index in [4.69, 9.17) is 19.9 Å². The molecule has 1 fully saturated rings. The van der Waals surface area contributed by atoms with E-state index in [1.54, 1.807) is 30.3 Å². The van der Waals surface area contributed by atoms with Crippen molar-refractivity contribution in [3.63, 3.8) is 0 Å². The number of esters is 2. The number of nitrogens with one attached hydrogen (secondary N) is 1. The zero-order valence-corrected chi connectivity index (χ0v) is 17.1. The number of H-pyrrole nitrogens is 1. The van der Waals surface area contributed by atoms with Gasteiger partial charge in [-0.15, -0.1) is 0 Å². The fraction of sp³-hybridized carbons (Fsp3) is 0.316. The van der Waals surface area contributed by atoms with E-state index in [0.29, 0.717) is 16.9 Å². The Hall–Kier alpha value is -3.51. The molecule has 0 bridgehead atoms. The largest absolute Gasteiger partial charge is 0.459 e. The van der Waals surface area contributed by atoms with Gasteiger partial charge in [0.1, 0.15) is 17.4 Å². The second kappa shape index (κ2) is 8.32. The lowest BCUT2D eigenvalue weighted by molar-refractivity contribution is -0.152. The predicted molar refractivity (Wildman–Crippen MR) is 110 cm³/mol. The average Bonchev–Trinajstić information content (AvgIpc) is 3.26. The van der Waals surface area contributed by atoms with Crippen LogP contribution in [0.15, 0.2) is 39.9 Å². The standard InChI is InChI=1S/C19H18N4O7S/c1-9(24)29-12-7-11(8-28-17(26)10-5-3-2-4-6-10)30-16(12)23-14-13(31-19(23)27)15(25)22-18(20)21-14/h2-6,11-12,16H,7-8H2,1H3,(H3,20,21,22,25)/t11-,12+,16+/m0/s1. The number of carbonyl (C=O) groups excluding carboxylic acids is 2. The topological polar surface area (TPSA) is 156 Å². The van der Waals surface area contributed by atoms with Gasteiger partial charge >= 0.3 is 16.8 Å². The normalized spacial score (nSPS) is 20.6. The third-order valence-corrected chi connectivity index (χ3v) is 5.56. The molecule has 0 saturated carbocycles. The quantitative estimate of drug-likeness (QED) is 0.541. The van der Waals surface area contributed by atoms with Crippen molar-refractivity contribution in [2.75, 3.05) is 12.3 Å². The van der Waals surface area contributed by atoms with Crippen molar-refractivity contribution in [3.05, 3.63) is 55.9 Å². The Morgan fingerprint density at radius 1 is 1.32 bits per heavy atom. The Kier molecular flexibility index (Phi) is 5.57. The number of nitrogens with two attached hydrogens (primary N) is 1. The number of nitrogens with zero attached hydrogens (tertiary/aromatic N) is 2. The number of carbonyl (C=O) groups is 2. The first-order valence-corrected chi connectivity index (χ1v) is 10.1. The zero-order valence-electron chi connectivity index (χ0n) is 16.3. The van der Waals surface area contributed by atoms with Crippen molar-refractivity contribution >= 4 is 39.6 Å². The van der Waals surface area contributed by atoms with E-state index >= 15 is 0 Å². The summed E-state index contributed by atoms with van der Waals surface area (Å²) in [6, 6.07) is 8.44. The van der Waals surface area contributed by atoms with Crippen LogP contribution in [-0.2, 0) is 19.0 Å². The molecule has 3 aromatic rings. The summed E-state index contributed by atoms with van der Waals surface area (Å²) in [6.45, 7) is 1.12. The highest BCUT2D eigenvalue weighted by molar-refractivity contribution is 7.16. The van der Waals surface area contributed by atoms with Crippen LogP contribution in [0.3, 0.4) is 0 Å². The molecule has 2 aromatic heterocycles. The van der Waals surface area contributed by atoms with E-state index in [2.05, 4.69) is 9.97 Å². The maximum Gasteiger partial charge on any atom is 0.338 e. The Morgan fingerprint density at radius 3 is 2.77 bits per heavy atom. The summed E-state index contributed by atoms with van der Waals surface area (Å²) in [6.07, 6.45) is -2.38. The lowest BCUT2D eigenvalue weighted by Gasteiger charge is -2.19. The third kappa shape index (κ3) is 4.20. The van der Waals surface area contributed by atoms with Gasteiger partial charge < -0.3 is 19.9 Å². The molecule has 0 radical (unpaired) electrons. The minimum atomic E-state index is -1.06. The van der Waals surface area contributed by atoms with E-state index in [1.807, 2.05) is 0 Å². The smallest absolute Gasteiger partial charge is 0.338 e. The highest BCUT2D eigenvalue weighted by Gasteiger charge is 2.41. The molecule has 3 atom stereocenters. The average molecular weight is 446 g/mol. The first-order chi connectivity index (χ1) is 14.8. The van der Waals surface area contributed by atoms with E-state index < -0.39 is 40.8 Å². The number of hydrogen-bond donors (Lipinski definition) is 2. The summed E-state index contributed by atoms with van der Waals surface area (Å²) in [5.41, 5.74) is 5.47. The summed E-state index contributed by atoms with van der Waals surface area (Å²) < 4.78 is 17.7. The number of anilines is 1. The number of aromatic nitrogens is 3. The Bertz CT molecular complexity index is 1250. The highest BCUT2D eigenvalue weighted by Crippen LogP contribution is 2.33. The van der Waals surface area contributed by atoms with Crippen LogP contribution in [0, 0.1) is 0 Å². The van der Waals surface area contributed by atoms with E-state index in [0.717, 1.165) is 4.57 Å². The number of hydrogen-bond acceptors (Lipinski definition) is 10. The summed E-state index contributed by atoms with van der Waals surface area (Å²) in [4.78, 5) is 54.4. The van der Waals surface area contributed by atoms with Gasteiger partial charge in [0.05, 0.1) is 11.7 Å². The molecule has 3 N–H and O–H groups in total. The van der Waals surface area contributed by atoms with Crippen LogP contribution < -0.4 is 16.2 Å². The number of benzene rings is 1. The molecule has 31 heavy (non-hydrogen) atoms. The monoisotopic (exact) mass is 446 g/mol. The van der Waals surface area contributed by atoms with Crippen LogP contribution in [0.2, 0.25) is 0 Å². The minimum absolute atomic E-state index is 0.0281. The molecule has 0 amide bonds. The Labute approximate surface area is 178 Å². The van der Waals surface area contributed by atoms with Crippen molar-refractivity contribution in [1.29, 1.82) is 0 Å². The highest BCUT2D eigenvalue weighted by atomic mass is 32.1. The molecule has 3 heterocycles. The van der Waals surface area contributed by atoms with Crippen molar-refractivity contribution in [2.45, 2.75) is 31.8 Å². The number of nitrogen functional groups attached to an aromatic ring is 1. The van der Waals surface area contributed by atoms with Gasteiger partial charge in [-0.05, 0) is 12.1 Å². The third-order valence-electron chi connectivity index (χ3n) is 4.62. The van der Waals surface area contributed by atoms with E-state index in [1.165, 1.54) is 6.92 Å². The maximum absolute atomic E-state index is 12.6. The zero-order chi connectivity index (χ0) is 22.1. The van der Waals surface area contributed by atoms with Gasteiger partial charge in [-0.2, -0.15) is 4.98 Å². The summed E-state index contributed by atoms with van der Waals surface area (Å²) in [7, 11) is 0. The molecule has 12 heteroatoms. The van der Waals surface area contributed by atoms with Crippen molar-refractivity contribution in [3.8, 4) is 0 Å². The van der Waals surface area contributed by atoms with Crippen LogP contribution >= 0.6 is 11.3 Å². The number of fused-ring (bicyclic) bond motifs is 1. The molecule has 11 nitrogen and oxygen atoms in total. The molecule has 0 spiro atoms. The molecule has 0 aliphatic carbocycles. The summed E-state index contributed by atoms with van der Waals surface area (Å²) in [5.74, 6) is -1.27. The number of aromatic amines is 1. The molecule has 162 valence electrons. The molecular weight excluding hydrogens is 428 g/mol. The number of thiazole rings is 1. The van der Waals surface area contributed by atoms with Crippen molar-refractivity contribution in [2.24, 2.45) is 0 Å². The second-order valence-corrected chi connectivity index (χ2v) is 7.80. The van der Waals surface area contributed by atoms with Gasteiger partial charge in [-0.1, -0.05) is 29.5 Å². The van der Waals surface area contributed by atoms with Gasteiger partial charge in [0.2, 0.25) is 5.95 Å². The van der Waals surface area contributed by atoms with Gasteiger partial charge in [0.15, 0.2) is 11.9 Å². The number of rotatable bonds is 5. The summed E-state index contributed by atoms with van der Waals surface area (Å²) >= 11 is 0.678. The fourth-order valence-corrected chi connectivity index (χ4v) is 4.21. The summed E-state index contributed by atoms with van der Waals surface area (Å²) in [5, 5.41) is 0. The van der Waals surface area contributed by atoms with E-state index in [9.17, 15) is 19.2 Å². The molecule has 0 unspecified atom stereocenters. The second-order valence-electron chi connectivity index (χ2n) is 6.84. The van der Waals surface area contributed by atoms with Crippen LogP contribution in [0.25, 0.3) is 10.3 Å². The SMILES string of the molecule is CC(=O)O[C@@H]1C[C@@H](COC(=O)c2ccccc2)O[C@H]1n1c(=O)sc2c(=O)[nH]c(N)nc21. The van der Waals surface area contributed by atoms with Gasteiger partial charge in [0.25, 0.3) is 5.56 Å².